The normalized spacial score (nSPS) is 11.6. The number of nitrogen functional groups attached to an aromatic ring is 1. The summed E-state index contributed by atoms with van der Waals surface area (Å²) < 4.78 is 1.58. The van der Waals surface area contributed by atoms with Gasteiger partial charge >= 0.3 is 5.97 Å². The van der Waals surface area contributed by atoms with Gasteiger partial charge in [-0.3, -0.25) is 0 Å². The molecule has 0 saturated carbocycles. The molecular weight excluding hydrogens is 408 g/mol. The average molecular weight is 426 g/mol. The Morgan fingerprint density at radius 3 is 2.66 bits per heavy atom. The third-order valence-corrected chi connectivity index (χ3v) is 4.71. The summed E-state index contributed by atoms with van der Waals surface area (Å²) in [5, 5.41) is 27.0. The number of benzene rings is 2. The molecule has 2 heterocycles. The number of aliphatic hydroxyl groups is 1. The molecule has 9 nitrogen and oxygen atoms in total. The third kappa shape index (κ3) is 4.45. The third-order valence-electron chi connectivity index (χ3n) is 4.71. The van der Waals surface area contributed by atoms with Gasteiger partial charge in [0, 0.05) is 11.1 Å². The van der Waals surface area contributed by atoms with Gasteiger partial charge in [-0.2, -0.15) is 0 Å². The Morgan fingerprint density at radius 1 is 1.09 bits per heavy atom. The Hall–Kier alpha value is -4.55. The fraction of sp³-hybridized carbons (Fsp3) is 0.0870. The van der Waals surface area contributed by atoms with Gasteiger partial charge in [0.2, 0.25) is 5.95 Å². The van der Waals surface area contributed by atoms with Crippen LogP contribution < -0.4 is 5.73 Å². The van der Waals surface area contributed by atoms with Crippen molar-refractivity contribution < 1.29 is 15.0 Å². The molecule has 32 heavy (non-hydrogen) atoms. The maximum atomic E-state index is 11.0. The van der Waals surface area contributed by atoms with Crippen LogP contribution in [0.3, 0.4) is 0 Å². The van der Waals surface area contributed by atoms with E-state index in [1.165, 1.54) is 0 Å². The number of nitrogens with zero attached hydrogens (tertiary/aromatic N) is 5. The molecule has 1 atom stereocenters. The highest BCUT2D eigenvalue weighted by atomic mass is 16.4. The molecule has 0 fully saturated rings. The molecule has 0 aliphatic carbocycles. The predicted molar refractivity (Wildman–Crippen MR) is 117 cm³/mol. The number of carboxylic acid groups (broad SMARTS) is 1. The van der Waals surface area contributed by atoms with Gasteiger partial charge in [0.05, 0.1) is 24.1 Å². The first-order chi connectivity index (χ1) is 15.4. The average Bonchev–Trinajstić information content (AvgIpc) is 3.27. The molecule has 1 unspecified atom stereocenters. The molecule has 158 valence electrons. The minimum absolute atomic E-state index is 0.0912. The zero-order valence-corrected chi connectivity index (χ0v) is 16.8. The van der Waals surface area contributed by atoms with E-state index < -0.39 is 12.1 Å². The van der Waals surface area contributed by atoms with Crippen LogP contribution in [0.15, 0.2) is 60.8 Å². The smallest absolute Gasteiger partial charge is 0.337 e. The molecule has 2 aromatic carbocycles. The van der Waals surface area contributed by atoms with Crippen LogP contribution in [0, 0.1) is 12.3 Å². The van der Waals surface area contributed by atoms with Crippen molar-refractivity contribution in [1.29, 1.82) is 0 Å². The number of nitrogens with two attached hydrogens (primary N) is 1. The summed E-state index contributed by atoms with van der Waals surface area (Å²) in [6.45, 7) is 0.324. The van der Waals surface area contributed by atoms with E-state index >= 15 is 0 Å². The van der Waals surface area contributed by atoms with Gasteiger partial charge < -0.3 is 15.9 Å². The summed E-state index contributed by atoms with van der Waals surface area (Å²) in [6, 6.07) is 15.8. The first-order valence-electron chi connectivity index (χ1n) is 9.55. The standard InChI is InChI=1S/C23H18N6O3/c1-2-14-5-3-7-16(9-14)18-11-19(26-23(24)25-18)20-13-29(28-27-20)12-15-6-4-8-17(10-15)21(30)22(31)32/h1,3-11,13,21,30H,12H2,(H,31,32)(H2,24,25,26). The van der Waals surface area contributed by atoms with Gasteiger partial charge in [-0.1, -0.05) is 47.5 Å². The van der Waals surface area contributed by atoms with Crippen LogP contribution in [0.4, 0.5) is 5.95 Å². The van der Waals surface area contributed by atoms with Crippen LogP contribution in [0.1, 0.15) is 22.8 Å². The highest BCUT2D eigenvalue weighted by Gasteiger charge is 2.16. The molecule has 0 bridgehead atoms. The Kier molecular flexibility index (Phi) is 5.61. The van der Waals surface area contributed by atoms with Crippen molar-refractivity contribution >= 4 is 11.9 Å². The van der Waals surface area contributed by atoms with Crippen molar-refractivity contribution in [2.75, 3.05) is 5.73 Å². The number of aromatic nitrogens is 5. The van der Waals surface area contributed by atoms with E-state index in [1.807, 2.05) is 24.3 Å². The van der Waals surface area contributed by atoms with E-state index in [9.17, 15) is 9.90 Å². The summed E-state index contributed by atoms with van der Waals surface area (Å²) >= 11 is 0. The van der Waals surface area contributed by atoms with E-state index in [1.54, 1.807) is 41.2 Å². The van der Waals surface area contributed by atoms with Crippen LogP contribution in [-0.4, -0.2) is 41.1 Å². The number of anilines is 1. The maximum absolute atomic E-state index is 11.0. The predicted octanol–water partition coefficient (Wildman–Crippen LogP) is 2.13. The van der Waals surface area contributed by atoms with E-state index in [2.05, 4.69) is 26.2 Å². The molecule has 9 heteroatoms. The quantitative estimate of drug-likeness (QED) is 0.398. The summed E-state index contributed by atoms with van der Waals surface area (Å²) in [6.07, 6.45) is 5.59. The molecule has 0 saturated heterocycles. The number of rotatable bonds is 6. The van der Waals surface area contributed by atoms with Gasteiger partial charge in [0.25, 0.3) is 0 Å². The minimum atomic E-state index is -1.59. The highest BCUT2D eigenvalue weighted by molar-refractivity contribution is 5.74. The molecule has 4 N–H and O–H groups in total. The Morgan fingerprint density at radius 2 is 1.88 bits per heavy atom. The fourth-order valence-corrected chi connectivity index (χ4v) is 3.20. The second-order valence-corrected chi connectivity index (χ2v) is 7.01. The van der Waals surface area contributed by atoms with Crippen LogP contribution in [-0.2, 0) is 11.3 Å². The Labute approximate surface area is 183 Å². The SMILES string of the molecule is C#Cc1cccc(-c2cc(-c3cn(Cc4cccc(C(O)C(=O)O)c4)nn3)nc(N)n2)c1. The fourth-order valence-electron chi connectivity index (χ4n) is 3.20. The number of terminal acetylenes is 1. The Balaban J connectivity index is 1.60. The maximum Gasteiger partial charge on any atom is 0.337 e. The van der Waals surface area contributed by atoms with Crippen molar-refractivity contribution in [2.24, 2.45) is 0 Å². The second-order valence-electron chi connectivity index (χ2n) is 7.01. The molecule has 2 aromatic heterocycles. The lowest BCUT2D eigenvalue weighted by Gasteiger charge is -2.08. The van der Waals surface area contributed by atoms with Gasteiger partial charge in [-0.25, -0.2) is 19.4 Å². The van der Waals surface area contributed by atoms with Crippen molar-refractivity contribution in [3.63, 3.8) is 0 Å². The topological polar surface area (TPSA) is 140 Å². The lowest BCUT2D eigenvalue weighted by atomic mass is 10.1. The largest absolute Gasteiger partial charge is 0.479 e. The Bertz CT molecular complexity index is 1340. The number of hydrogen-bond donors (Lipinski definition) is 3. The van der Waals surface area contributed by atoms with Crippen LogP contribution in [0.5, 0.6) is 0 Å². The number of aliphatic carboxylic acids is 1. The van der Waals surface area contributed by atoms with Crippen LogP contribution in [0.2, 0.25) is 0 Å². The summed E-state index contributed by atoms with van der Waals surface area (Å²) in [7, 11) is 0. The molecular formula is C23H18N6O3. The van der Waals surface area contributed by atoms with Crippen molar-refractivity contribution in [3.05, 3.63) is 77.5 Å². The summed E-state index contributed by atoms with van der Waals surface area (Å²) in [4.78, 5) is 19.6. The van der Waals surface area contributed by atoms with E-state index in [0.29, 0.717) is 23.6 Å². The summed E-state index contributed by atoms with van der Waals surface area (Å²) in [5.74, 6) is 1.37. The zero-order chi connectivity index (χ0) is 22.7. The van der Waals surface area contributed by atoms with Crippen molar-refractivity contribution in [2.45, 2.75) is 12.6 Å². The first-order valence-corrected chi connectivity index (χ1v) is 9.55. The first kappa shape index (κ1) is 20.7. The van der Waals surface area contributed by atoms with Gasteiger partial charge in [0.15, 0.2) is 6.10 Å². The summed E-state index contributed by atoms with van der Waals surface area (Å²) in [5.41, 5.74) is 10.1. The molecule has 0 amide bonds. The molecule has 4 aromatic rings. The van der Waals surface area contributed by atoms with E-state index in [4.69, 9.17) is 17.3 Å². The van der Waals surface area contributed by atoms with Gasteiger partial charge in [0.1, 0.15) is 5.69 Å². The molecule has 0 aliphatic rings. The molecule has 0 aliphatic heterocycles. The van der Waals surface area contributed by atoms with E-state index in [-0.39, 0.29) is 11.5 Å². The monoisotopic (exact) mass is 426 g/mol. The van der Waals surface area contributed by atoms with E-state index in [0.717, 1.165) is 16.7 Å². The zero-order valence-electron chi connectivity index (χ0n) is 16.8. The number of hydrogen-bond acceptors (Lipinski definition) is 7. The number of carbonyl (C=O) groups is 1. The number of carboxylic acids is 1. The molecule has 4 rings (SSSR count). The number of aliphatic hydroxyl groups excluding tert-OH is 1. The highest BCUT2D eigenvalue weighted by Crippen LogP contribution is 2.24. The second kappa shape index (κ2) is 8.67. The van der Waals surface area contributed by atoms with Crippen LogP contribution in [0.25, 0.3) is 22.6 Å². The molecule has 0 spiro atoms. The lowest BCUT2D eigenvalue weighted by Crippen LogP contribution is -2.11. The van der Waals surface area contributed by atoms with Crippen molar-refractivity contribution in [1.82, 2.24) is 25.0 Å². The lowest BCUT2D eigenvalue weighted by molar-refractivity contribution is -0.146. The van der Waals surface area contributed by atoms with Crippen molar-refractivity contribution in [3.8, 4) is 35.0 Å². The minimum Gasteiger partial charge on any atom is -0.479 e. The van der Waals surface area contributed by atoms with Gasteiger partial charge in [-0.15, -0.1) is 11.5 Å². The van der Waals surface area contributed by atoms with Gasteiger partial charge in [-0.05, 0) is 29.3 Å². The van der Waals surface area contributed by atoms with Crippen LogP contribution >= 0.6 is 0 Å². The molecule has 0 radical (unpaired) electrons.